The zero-order chi connectivity index (χ0) is 14.5. The van der Waals surface area contributed by atoms with Crippen molar-refractivity contribution in [2.45, 2.75) is 44.2 Å². The molecule has 0 radical (unpaired) electrons. The molecule has 1 aliphatic carbocycles. The quantitative estimate of drug-likeness (QED) is 0.698. The zero-order valence-electron chi connectivity index (χ0n) is 11.9. The van der Waals surface area contributed by atoms with Crippen molar-refractivity contribution in [3.8, 4) is 0 Å². The van der Waals surface area contributed by atoms with Crippen LogP contribution < -0.4 is 11.1 Å². The fraction of sp³-hybridized carbons (Fsp3) is 0.846. The number of ether oxygens (including phenoxy) is 2. The summed E-state index contributed by atoms with van der Waals surface area (Å²) in [6.45, 7) is 1.67. The van der Waals surface area contributed by atoms with Gasteiger partial charge in [0, 0.05) is 19.1 Å². The van der Waals surface area contributed by atoms with Gasteiger partial charge in [-0.15, -0.1) is 0 Å². The third kappa shape index (κ3) is 4.18. The van der Waals surface area contributed by atoms with E-state index in [9.17, 15) is 9.59 Å². The van der Waals surface area contributed by atoms with Crippen LogP contribution >= 0.6 is 0 Å². The molecule has 1 fully saturated rings. The van der Waals surface area contributed by atoms with Gasteiger partial charge in [0.15, 0.2) is 5.54 Å². The summed E-state index contributed by atoms with van der Waals surface area (Å²) in [7, 11) is 2.77. The van der Waals surface area contributed by atoms with E-state index in [-0.39, 0.29) is 24.5 Å². The Labute approximate surface area is 114 Å². The molecule has 0 aromatic rings. The monoisotopic (exact) mass is 272 g/mol. The van der Waals surface area contributed by atoms with Gasteiger partial charge in [0.05, 0.1) is 13.7 Å². The van der Waals surface area contributed by atoms with E-state index in [0.717, 1.165) is 19.3 Å². The highest BCUT2D eigenvalue weighted by Gasteiger charge is 2.38. The molecular formula is C13H24N2O4. The molecule has 0 aliphatic heterocycles. The van der Waals surface area contributed by atoms with Crippen molar-refractivity contribution >= 4 is 11.9 Å². The molecule has 1 amide bonds. The lowest BCUT2D eigenvalue weighted by Gasteiger charge is -2.31. The van der Waals surface area contributed by atoms with E-state index in [4.69, 9.17) is 15.2 Å². The molecule has 110 valence electrons. The van der Waals surface area contributed by atoms with Gasteiger partial charge in [-0.05, 0) is 26.2 Å². The van der Waals surface area contributed by atoms with E-state index in [2.05, 4.69) is 5.32 Å². The number of esters is 1. The van der Waals surface area contributed by atoms with Gasteiger partial charge in [-0.1, -0.05) is 6.42 Å². The Morgan fingerprint density at radius 1 is 1.37 bits per heavy atom. The van der Waals surface area contributed by atoms with Gasteiger partial charge in [0.2, 0.25) is 5.91 Å². The number of carbonyl (C=O) groups is 2. The Balaban J connectivity index is 2.68. The normalized spacial score (nSPS) is 26.3. The maximum atomic E-state index is 12.2. The molecule has 3 N–H and O–H groups in total. The van der Waals surface area contributed by atoms with Crippen LogP contribution in [0, 0.1) is 5.92 Å². The summed E-state index contributed by atoms with van der Waals surface area (Å²) in [5.41, 5.74) is 4.72. The average Bonchev–Trinajstić information content (AvgIpc) is 2.37. The van der Waals surface area contributed by atoms with Crippen LogP contribution in [0.4, 0.5) is 0 Å². The molecule has 0 saturated heterocycles. The van der Waals surface area contributed by atoms with E-state index in [1.165, 1.54) is 14.2 Å². The number of hydrogen-bond acceptors (Lipinski definition) is 5. The van der Waals surface area contributed by atoms with Crippen molar-refractivity contribution in [2.75, 3.05) is 20.8 Å². The number of hydrogen-bond donors (Lipinski definition) is 2. The largest absolute Gasteiger partial charge is 0.467 e. The Morgan fingerprint density at radius 2 is 2.05 bits per heavy atom. The van der Waals surface area contributed by atoms with E-state index >= 15 is 0 Å². The molecule has 3 atom stereocenters. The minimum atomic E-state index is -1.15. The topological polar surface area (TPSA) is 90.6 Å². The van der Waals surface area contributed by atoms with Gasteiger partial charge in [-0.3, -0.25) is 4.79 Å². The van der Waals surface area contributed by atoms with E-state index < -0.39 is 11.5 Å². The maximum Gasteiger partial charge on any atom is 0.333 e. The van der Waals surface area contributed by atoms with Gasteiger partial charge >= 0.3 is 5.97 Å². The summed E-state index contributed by atoms with van der Waals surface area (Å²) in [5, 5.41) is 2.74. The van der Waals surface area contributed by atoms with Crippen LogP contribution in [0.1, 0.15) is 32.6 Å². The first-order valence-corrected chi connectivity index (χ1v) is 6.58. The van der Waals surface area contributed by atoms with Crippen molar-refractivity contribution in [1.82, 2.24) is 5.32 Å². The summed E-state index contributed by atoms with van der Waals surface area (Å²) in [6.07, 6.45) is 3.37. The smallest absolute Gasteiger partial charge is 0.333 e. The first-order valence-electron chi connectivity index (χ1n) is 6.58. The molecular weight excluding hydrogens is 248 g/mol. The first kappa shape index (κ1) is 15.9. The third-order valence-electron chi connectivity index (χ3n) is 3.55. The van der Waals surface area contributed by atoms with E-state index in [1.54, 1.807) is 6.92 Å². The second-order valence-electron chi connectivity index (χ2n) is 5.37. The second-order valence-corrected chi connectivity index (χ2v) is 5.37. The molecule has 0 bridgehead atoms. The van der Waals surface area contributed by atoms with Gasteiger partial charge in [-0.25, -0.2) is 4.79 Å². The molecule has 0 spiro atoms. The minimum absolute atomic E-state index is 0.0660. The van der Waals surface area contributed by atoms with Crippen LogP contribution in [0.5, 0.6) is 0 Å². The van der Waals surface area contributed by atoms with Crippen LogP contribution in [0.15, 0.2) is 0 Å². The van der Waals surface area contributed by atoms with Crippen LogP contribution in [-0.4, -0.2) is 44.3 Å². The van der Waals surface area contributed by atoms with Crippen LogP contribution in [0.3, 0.4) is 0 Å². The number of methoxy groups -OCH3 is 2. The molecule has 0 heterocycles. The predicted molar refractivity (Wildman–Crippen MR) is 70.4 cm³/mol. The zero-order valence-corrected chi connectivity index (χ0v) is 11.9. The minimum Gasteiger partial charge on any atom is -0.467 e. The molecule has 6 nitrogen and oxygen atoms in total. The van der Waals surface area contributed by atoms with Gasteiger partial charge in [0.25, 0.3) is 0 Å². The molecule has 6 heteroatoms. The summed E-state index contributed by atoms with van der Waals surface area (Å²) in [6, 6.07) is 0.0660. The second kappa shape index (κ2) is 6.86. The molecule has 3 unspecified atom stereocenters. The van der Waals surface area contributed by atoms with E-state index in [0.29, 0.717) is 6.42 Å². The summed E-state index contributed by atoms with van der Waals surface area (Å²) >= 11 is 0. The van der Waals surface area contributed by atoms with Crippen molar-refractivity contribution < 1.29 is 19.1 Å². The van der Waals surface area contributed by atoms with Crippen molar-refractivity contribution in [2.24, 2.45) is 11.7 Å². The molecule has 1 aliphatic rings. The number of amides is 1. The Hall–Kier alpha value is -1.14. The van der Waals surface area contributed by atoms with Crippen molar-refractivity contribution in [1.29, 1.82) is 0 Å². The highest BCUT2D eigenvalue weighted by molar-refractivity contribution is 5.88. The highest BCUT2D eigenvalue weighted by Crippen LogP contribution is 2.24. The lowest BCUT2D eigenvalue weighted by atomic mass is 9.85. The standard InChI is InChI=1S/C13H24N2O4/c1-13(8-18-2,12(17)19-3)15-11(16)9-5-4-6-10(14)7-9/h9-10H,4-8,14H2,1-3H3,(H,15,16). The van der Waals surface area contributed by atoms with Gasteiger partial charge in [-0.2, -0.15) is 0 Å². The fourth-order valence-electron chi connectivity index (χ4n) is 2.50. The maximum absolute atomic E-state index is 12.2. The predicted octanol–water partition coefficient (Wildman–Crippen LogP) is 0.198. The number of rotatable bonds is 5. The number of carbonyl (C=O) groups excluding carboxylic acids is 2. The third-order valence-corrected chi connectivity index (χ3v) is 3.55. The van der Waals surface area contributed by atoms with Gasteiger partial charge in [0.1, 0.15) is 0 Å². The molecule has 19 heavy (non-hydrogen) atoms. The average molecular weight is 272 g/mol. The molecule has 0 aromatic heterocycles. The van der Waals surface area contributed by atoms with Crippen LogP contribution in [0.25, 0.3) is 0 Å². The van der Waals surface area contributed by atoms with Crippen molar-refractivity contribution in [3.63, 3.8) is 0 Å². The SMILES string of the molecule is COCC(C)(NC(=O)C1CCCC(N)C1)C(=O)OC. The van der Waals surface area contributed by atoms with Crippen molar-refractivity contribution in [3.05, 3.63) is 0 Å². The lowest BCUT2D eigenvalue weighted by Crippen LogP contribution is -2.57. The molecule has 1 rings (SSSR count). The first-order chi connectivity index (χ1) is 8.92. The number of nitrogens with two attached hydrogens (primary N) is 1. The lowest BCUT2D eigenvalue weighted by molar-refractivity contribution is -0.153. The summed E-state index contributed by atoms with van der Waals surface area (Å²) < 4.78 is 9.72. The van der Waals surface area contributed by atoms with Crippen LogP contribution in [0.2, 0.25) is 0 Å². The molecule has 1 saturated carbocycles. The Morgan fingerprint density at radius 3 is 2.58 bits per heavy atom. The fourth-order valence-corrected chi connectivity index (χ4v) is 2.50. The Bertz CT molecular complexity index is 335. The Kier molecular flexibility index (Phi) is 5.75. The van der Waals surface area contributed by atoms with Crippen LogP contribution in [-0.2, 0) is 19.1 Å². The number of nitrogens with one attached hydrogen (secondary N) is 1. The summed E-state index contributed by atoms with van der Waals surface area (Å²) in [4.78, 5) is 24.0. The molecule has 0 aromatic carbocycles. The highest BCUT2D eigenvalue weighted by atomic mass is 16.5. The summed E-state index contributed by atoms with van der Waals surface area (Å²) in [5.74, 6) is -0.799. The van der Waals surface area contributed by atoms with Gasteiger partial charge < -0.3 is 20.5 Å². The van der Waals surface area contributed by atoms with E-state index in [1.807, 2.05) is 0 Å².